The summed E-state index contributed by atoms with van der Waals surface area (Å²) in [7, 11) is 0. The van der Waals surface area contributed by atoms with E-state index in [4.69, 9.17) is 4.74 Å². The minimum Gasteiger partial charge on any atom is -0.490 e. The van der Waals surface area contributed by atoms with E-state index in [1.54, 1.807) is 19.1 Å². The Hall–Kier alpha value is -1.09. The molecular formula is C13H19FO2. The minimum atomic E-state index is -0.655. The molecule has 0 saturated carbocycles. The predicted molar refractivity (Wildman–Crippen MR) is 62.0 cm³/mol. The molecule has 1 N–H and O–H groups in total. The van der Waals surface area contributed by atoms with Crippen LogP contribution in [0, 0.1) is 11.7 Å². The molecule has 0 heterocycles. The van der Waals surface area contributed by atoms with Crippen LogP contribution in [0.15, 0.2) is 18.2 Å². The van der Waals surface area contributed by atoms with Gasteiger partial charge in [0.05, 0.1) is 12.7 Å². The molecule has 0 bridgehead atoms. The van der Waals surface area contributed by atoms with E-state index in [9.17, 15) is 9.50 Å². The van der Waals surface area contributed by atoms with Crippen LogP contribution in [0.1, 0.15) is 38.9 Å². The molecule has 90 valence electrons. The quantitative estimate of drug-likeness (QED) is 0.834. The molecule has 1 aromatic rings. The van der Waals surface area contributed by atoms with Crippen LogP contribution >= 0.6 is 0 Å². The lowest BCUT2D eigenvalue weighted by molar-refractivity contribution is 0.198. The minimum absolute atomic E-state index is 0.254. The van der Waals surface area contributed by atoms with E-state index in [0.29, 0.717) is 18.1 Å². The molecule has 0 aromatic heterocycles. The Kier molecular flexibility index (Phi) is 4.74. The molecule has 1 aromatic carbocycles. The first-order valence-electron chi connectivity index (χ1n) is 5.64. The standard InChI is InChI=1S/C13H19FO2/c1-4-9(2)8-16-13-6-5-11(10(3)15)7-12(13)14/h5-7,9-10,15H,4,8H2,1-3H3/t9?,10-/m1/s1. The molecule has 1 rings (SSSR count). The van der Waals surface area contributed by atoms with Gasteiger partial charge >= 0.3 is 0 Å². The van der Waals surface area contributed by atoms with Crippen LogP contribution in [0.4, 0.5) is 4.39 Å². The summed E-state index contributed by atoms with van der Waals surface area (Å²) in [5, 5.41) is 9.29. The van der Waals surface area contributed by atoms with Crippen LogP contribution in [-0.2, 0) is 0 Å². The normalized spacial score (nSPS) is 14.6. The number of rotatable bonds is 5. The van der Waals surface area contributed by atoms with E-state index in [2.05, 4.69) is 13.8 Å². The van der Waals surface area contributed by atoms with Gasteiger partial charge in [0.2, 0.25) is 0 Å². The van der Waals surface area contributed by atoms with Gasteiger partial charge in [-0.25, -0.2) is 4.39 Å². The Labute approximate surface area is 96.1 Å². The highest BCUT2D eigenvalue weighted by atomic mass is 19.1. The second kappa shape index (κ2) is 5.85. The van der Waals surface area contributed by atoms with Gasteiger partial charge in [-0.15, -0.1) is 0 Å². The summed E-state index contributed by atoms with van der Waals surface area (Å²) in [6.45, 7) is 6.25. The fourth-order valence-corrected chi connectivity index (χ4v) is 1.24. The molecule has 3 heteroatoms. The Bertz CT molecular complexity index is 337. The zero-order chi connectivity index (χ0) is 12.1. The lowest BCUT2D eigenvalue weighted by Gasteiger charge is -2.12. The van der Waals surface area contributed by atoms with Crippen molar-refractivity contribution in [2.75, 3.05) is 6.61 Å². The highest BCUT2D eigenvalue weighted by Crippen LogP contribution is 2.22. The Morgan fingerprint density at radius 3 is 2.56 bits per heavy atom. The molecule has 0 spiro atoms. The third-order valence-corrected chi connectivity index (χ3v) is 2.66. The Morgan fingerprint density at radius 1 is 1.38 bits per heavy atom. The average Bonchev–Trinajstić information content (AvgIpc) is 2.26. The van der Waals surface area contributed by atoms with E-state index >= 15 is 0 Å². The monoisotopic (exact) mass is 226 g/mol. The number of hydrogen-bond donors (Lipinski definition) is 1. The zero-order valence-electron chi connectivity index (χ0n) is 10.0. The fraction of sp³-hybridized carbons (Fsp3) is 0.538. The summed E-state index contributed by atoms with van der Waals surface area (Å²) in [6.07, 6.45) is 0.353. The molecule has 2 nitrogen and oxygen atoms in total. The van der Waals surface area contributed by atoms with E-state index in [0.717, 1.165) is 6.42 Å². The van der Waals surface area contributed by atoms with Crippen molar-refractivity contribution < 1.29 is 14.2 Å². The van der Waals surface area contributed by atoms with Crippen LogP contribution in [0.2, 0.25) is 0 Å². The molecule has 0 saturated heterocycles. The smallest absolute Gasteiger partial charge is 0.165 e. The van der Waals surface area contributed by atoms with Gasteiger partial charge in [-0.2, -0.15) is 0 Å². The number of halogens is 1. The van der Waals surface area contributed by atoms with Crippen molar-refractivity contribution in [3.8, 4) is 5.75 Å². The molecule has 0 amide bonds. The average molecular weight is 226 g/mol. The molecule has 0 aliphatic heterocycles. The molecule has 0 aliphatic carbocycles. The maximum atomic E-state index is 13.5. The molecular weight excluding hydrogens is 207 g/mol. The van der Waals surface area contributed by atoms with Crippen LogP contribution < -0.4 is 4.74 Å². The summed E-state index contributed by atoms with van der Waals surface area (Å²) in [6, 6.07) is 4.57. The van der Waals surface area contributed by atoms with Gasteiger partial charge < -0.3 is 9.84 Å². The summed E-state index contributed by atoms with van der Waals surface area (Å²) in [5.41, 5.74) is 0.563. The summed E-state index contributed by atoms with van der Waals surface area (Å²) in [5.74, 6) is 0.252. The van der Waals surface area contributed by atoms with E-state index < -0.39 is 11.9 Å². The Morgan fingerprint density at radius 2 is 2.06 bits per heavy atom. The second-order valence-corrected chi connectivity index (χ2v) is 4.19. The van der Waals surface area contributed by atoms with Crippen molar-refractivity contribution in [2.24, 2.45) is 5.92 Å². The van der Waals surface area contributed by atoms with Crippen molar-refractivity contribution in [1.29, 1.82) is 0 Å². The summed E-state index contributed by atoms with van der Waals surface area (Å²) >= 11 is 0. The van der Waals surface area contributed by atoms with Crippen molar-refractivity contribution >= 4 is 0 Å². The van der Waals surface area contributed by atoms with E-state index in [1.165, 1.54) is 6.07 Å². The van der Waals surface area contributed by atoms with Crippen LogP contribution in [0.25, 0.3) is 0 Å². The molecule has 0 aliphatic rings. The highest BCUT2D eigenvalue weighted by molar-refractivity contribution is 5.30. The van der Waals surface area contributed by atoms with Gasteiger partial charge in [-0.3, -0.25) is 0 Å². The van der Waals surface area contributed by atoms with E-state index in [-0.39, 0.29) is 5.75 Å². The van der Waals surface area contributed by atoms with Crippen molar-refractivity contribution in [3.05, 3.63) is 29.6 Å². The van der Waals surface area contributed by atoms with Gasteiger partial charge in [-0.1, -0.05) is 26.3 Å². The third-order valence-electron chi connectivity index (χ3n) is 2.66. The number of ether oxygens (including phenoxy) is 1. The molecule has 1 unspecified atom stereocenters. The van der Waals surface area contributed by atoms with Gasteiger partial charge in [0, 0.05) is 0 Å². The van der Waals surface area contributed by atoms with Gasteiger partial charge in [0.25, 0.3) is 0 Å². The van der Waals surface area contributed by atoms with Crippen molar-refractivity contribution in [2.45, 2.75) is 33.3 Å². The predicted octanol–water partition coefficient (Wildman–Crippen LogP) is 3.30. The number of aliphatic hydroxyl groups is 1. The van der Waals surface area contributed by atoms with Crippen molar-refractivity contribution in [3.63, 3.8) is 0 Å². The first-order valence-corrected chi connectivity index (χ1v) is 5.64. The number of hydrogen-bond acceptors (Lipinski definition) is 2. The summed E-state index contributed by atoms with van der Waals surface area (Å²) < 4.78 is 18.9. The zero-order valence-corrected chi connectivity index (χ0v) is 10.0. The number of benzene rings is 1. The molecule has 16 heavy (non-hydrogen) atoms. The van der Waals surface area contributed by atoms with Gasteiger partial charge in [0.1, 0.15) is 0 Å². The second-order valence-electron chi connectivity index (χ2n) is 4.19. The van der Waals surface area contributed by atoms with Gasteiger partial charge in [-0.05, 0) is 30.5 Å². The van der Waals surface area contributed by atoms with Crippen LogP contribution in [0.3, 0.4) is 0 Å². The van der Waals surface area contributed by atoms with E-state index in [1.807, 2.05) is 0 Å². The highest BCUT2D eigenvalue weighted by Gasteiger charge is 2.08. The first-order chi connectivity index (χ1) is 7.54. The Balaban J connectivity index is 2.68. The lowest BCUT2D eigenvalue weighted by atomic mass is 10.1. The van der Waals surface area contributed by atoms with Gasteiger partial charge in [0.15, 0.2) is 11.6 Å². The maximum Gasteiger partial charge on any atom is 0.165 e. The fourth-order valence-electron chi connectivity index (χ4n) is 1.24. The van der Waals surface area contributed by atoms with Crippen molar-refractivity contribution in [1.82, 2.24) is 0 Å². The maximum absolute atomic E-state index is 13.5. The van der Waals surface area contributed by atoms with Crippen LogP contribution in [-0.4, -0.2) is 11.7 Å². The third kappa shape index (κ3) is 3.49. The summed E-state index contributed by atoms with van der Waals surface area (Å²) in [4.78, 5) is 0. The largest absolute Gasteiger partial charge is 0.490 e. The molecule has 2 atom stereocenters. The topological polar surface area (TPSA) is 29.5 Å². The lowest BCUT2D eigenvalue weighted by Crippen LogP contribution is -2.08. The first kappa shape index (κ1) is 13.0. The number of aliphatic hydroxyl groups excluding tert-OH is 1. The molecule has 0 radical (unpaired) electrons. The SMILES string of the molecule is CCC(C)COc1ccc([C@@H](C)O)cc1F. The molecule has 0 fully saturated rings. The van der Waals surface area contributed by atoms with Crippen LogP contribution in [0.5, 0.6) is 5.75 Å².